The van der Waals surface area contributed by atoms with Gasteiger partial charge in [-0.3, -0.25) is 9.59 Å². The molecule has 0 saturated heterocycles. The van der Waals surface area contributed by atoms with Gasteiger partial charge in [0.15, 0.2) is 0 Å². The van der Waals surface area contributed by atoms with E-state index in [1.165, 1.54) is 12.1 Å². The molecule has 0 aliphatic carbocycles. The summed E-state index contributed by atoms with van der Waals surface area (Å²) in [6, 6.07) is 3.00. The fraction of sp³-hybridized carbons (Fsp3) is 0.438. The number of nitrogens with one attached hydrogen (secondary N) is 1. The summed E-state index contributed by atoms with van der Waals surface area (Å²) in [5, 5.41) is 11.3. The lowest BCUT2D eigenvalue weighted by Gasteiger charge is -2.18. The zero-order valence-corrected chi connectivity index (χ0v) is 13.4. The minimum Gasteiger partial charge on any atom is -0.480 e. The van der Waals surface area contributed by atoms with Crippen molar-refractivity contribution in [2.45, 2.75) is 38.4 Å². The minimum atomic E-state index is -4.63. The summed E-state index contributed by atoms with van der Waals surface area (Å²) in [6.07, 6.45) is -5.72. The Balaban J connectivity index is 2.78. The van der Waals surface area contributed by atoms with Crippen LogP contribution >= 0.6 is 0 Å². The SMILES string of the molecule is CCOC(=O)CCC(=O)N[C@H](Cc1ccccc1C(F)(F)F)C(=O)O. The van der Waals surface area contributed by atoms with Crippen LogP contribution in [0.3, 0.4) is 0 Å². The second-order valence-corrected chi connectivity index (χ2v) is 5.12. The van der Waals surface area contributed by atoms with Gasteiger partial charge in [0.05, 0.1) is 18.6 Å². The fourth-order valence-corrected chi connectivity index (χ4v) is 2.11. The molecule has 1 rings (SSSR count). The van der Waals surface area contributed by atoms with Crippen LogP contribution in [0.1, 0.15) is 30.9 Å². The average molecular weight is 361 g/mol. The molecule has 0 spiro atoms. The first-order valence-corrected chi connectivity index (χ1v) is 7.48. The largest absolute Gasteiger partial charge is 0.480 e. The number of alkyl halides is 3. The monoisotopic (exact) mass is 361 g/mol. The van der Waals surface area contributed by atoms with Crippen molar-refractivity contribution in [3.8, 4) is 0 Å². The molecule has 0 aliphatic heterocycles. The Morgan fingerprint density at radius 3 is 2.40 bits per heavy atom. The van der Waals surface area contributed by atoms with Crippen LogP contribution in [0.2, 0.25) is 0 Å². The number of carboxylic acids is 1. The van der Waals surface area contributed by atoms with Crippen LogP contribution in [-0.4, -0.2) is 35.6 Å². The fourth-order valence-electron chi connectivity index (χ4n) is 2.11. The summed E-state index contributed by atoms with van der Waals surface area (Å²) in [4.78, 5) is 34.2. The molecule has 25 heavy (non-hydrogen) atoms. The maximum Gasteiger partial charge on any atom is 0.416 e. The second-order valence-electron chi connectivity index (χ2n) is 5.12. The Kier molecular flexibility index (Phi) is 7.41. The van der Waals surface area contributed by atoms with Crippen LogP contribution in [0.15, 0.2) is 24.3 Å². The summed E-state index contributed by atoms with van der Waals surface area (Å²) in [7, 11) is 0. The molecule has 1 aromatic rings. The van der Waals surface area contributed by atoms with E-state index >= 15 is 0 Å². The van der Waals surface area contributed by atoms with Crippen molar-refractivity contribution in [3.05, 3.63) is 35.4 Å². The molecule has 0 saturated carbocycles. The lowest BCUT2D eigenvalue weighted by molar-refractivity contribution is -0.145. The first kappa shape index (κ1) is 20.5. The van der Waals surface area contributed by atoms with E-state index in [0.717, 1.165) is 12.1 Å². The number of carboxylic acid groups (broad SMARTS) is 1. The van der Waals surface area contributed by atoms with Gasteiger partial charge in [-0.05, 0) is 18.6 Å². The highest BCUT2D eigenvalue weighted by Crippen LogP contribution is 2.32. The third kappa shape index (κ3) is 6.82. The molecule has 0 aliphatic rings. The van der Waals surface area contributed by atoms with Gasteiger partial charge >= 0.3 is 18.1 Å². The molecule has 1 amide bonds. The van der Waals surface area contributed by atoms with Crippen LogP contribution in [0.4, 0.5) is 13.2 Å². The van der Waals surface area contributed by atoms with E-state index in [0.29, 0.717) is 0 Å². The number of carbonyl (C=O) groups excluding carboxylic acids is 2. The number of hydrogen-bond acceptors (Lipinski definition) is 4. The van der Waals surface area contributed by atoms with Crippen LogP contribution in [-0.2, 0) is 31.7 Å². The lowest BCUT2D eigenvalue weighted by Crippen LogP contribution is -2.42. The number of amides is 1. The highest BCUT2D eigenvalue weighted by Gasteiger charge is 2.34. The molecule has 0 heterocycles. The summed E-state index contributed by atoms with van der Waals surface area (Å²) in [5.74, 6) is -2.85. The number of esters is 1. The molecular weight excluding hydrogens is 343 g/mol. The van der Waals surface area contributed by atoms with Crippen molar-refractivity contribution < 1.29 is 37.4 Å². The van der Waals surface area contributed by atoms with Crippen molar-refractivity contribution in [1.82, 2.24) is 5.32 Å². The van der Waals surface area contributed by atoms with E-state index in [9.17, 15) is 27.6 Å². The number of hydrogen-bond donors (Lipinski definition) is 2. The third-order valence-corrected chi connectivity index (χ3v) is 3.24. The topological polar surface area (TPSA) is 92.7 Å². The minimum absolute atomic E-state index is 0.145. The van der Waals surface area contributed by atoms with Crippen molar-refractivity contribution >= 4 is 17.8 Å². The molecule has 0 unspecified atom stereocenters. The number of ether oxygens (including phenoxy) is 1. The van der Waals surface area contributed by atoms with Crippen molar-refractivity contribution in [2.75, 3.05) is 6.61 Å². The quantitative estimate of drug-likeness (QED) is 0.692. The Bertz CT molecular complexity index is 630. The number of carbonyl (C=O) groups is 3. The molecular formula is C16H18F3NO5. The van der Waals surface area contributed by atoms with Crippen LogP contribution < -0.4 is 5.32 Å². The van der Waals surface area contributed by atoms with Gasteiger partial charge in [-0.1, -0.05) is 18.2 Å². The second kappa shape index (κ2) is 9.05. The molecule has 0 fully saturated rings. The van der Waals surface area contributed by atoms with E-state index in [1.807, 2.05) is 0 Å². The molecule has 6 nitrogen and oxygen atoms in total. The molecule has 0 aromatic heterocycles. The van der Waals surface area contributed by atoms with Gasteiger partial charge in [-0.2, -0.15) is 13.2 Å². The van der Waals surface area contributed by atoms with Gasteiger partial charge in [0.25, 0.3) is 0 Å². The summed E-state index contributed by atoms with van der Waals surface area (Å²) in [5.41, 5.74) is -1.20. The van der Waals surface area contributed by atoms with Crippen LogP contribution in [0, 0.1) is 0 Å². The van der Waals surface area contributed by atoms with E-state index in [2.05, 4.69) is 10.1 Å². The maximum atomic E-state index is 13.0. The predicted molar refractivity (Wildman–Crippen MR) is 80.6 cm³/mol. The summed E-state index contributed by atoms with van der Waals surface area (Å²) < 4.78 is 43.5. The third-order valence-electron chi connectivity index (χ3n) is 3.24. The predicted octanol–water partition coefficient (Wildman–Crippen LogP) is 2.16. The lowest BCUT2D eigenvalue weighted by atomic mass is 9.99. The zero-order valence-electron chi connectivity index (χ0n) is 13.4. The molecule has 0 bridgehead atoms. The van der Waals surface area contributed by atoms with Crippen molar-refractivity contribution in [1.29, 1.82) is 0 Å². The van der Waals surface area contributed by atoms with Gasteiger partial charge in [0, 0.05) is 12.8 Å². The summed E-state index contributed by atoms with van der Waals surface area (Å²) in [6.45, 7) is 1.74. The zero-order chi connectivity index (χ0) is 19.0. The number of benzene rings is 1. The maximum absolute atomic E-state index is 13.0. The standard InChI is InChI=1S/C16H18F3NO5/c1-2-25-14(22)8-7-13(21)20-12(15(23)24)9-10-5-3-4-6-11(10)16(17,18)19/h3-6,12H,2,7-9H2,1H3,(H,20,21)(H,23,24)/t12-/m1/s1. The molecule has 1 atom stereocenters. The van der Waals surface area contributed by atoms with Crippen molar-refractivity contribution in [2.24, 2.45) is 0 Å². The average Bonchev–Trinajstić information content (AvgIpc) is 2.52. The van der Waals surface area contributed by atoms with E-state index < -0.39 is 42.0 Å². The smallest absolute Gasteiger partial charge is 0.416 e. The molecule has 9 heteroatoms. The normalized spacial score (nSPS) is 12.3. The number of halogens is 3. The molecule has 2 N–H and O–H groups in total. The highest BCUT2D eigenvalue weighted by molar-refractivity contribution is 5.86. The van der Waals surface area contributed by atoms with Gasteiger partial charge in [0.2, 0.25) is 5.91 Å². The first-order valence-electron chi connectivity index (χ1n) is 7.48. The van der Waals surface area contributed by atoms with Gasteiger partial charge in [-0.25, -0.2) is 4.79 Å². The number of rotatable bonds is 8. The number of aliphatic carboxylic acids is 1. The Morgan fingerprint density at radius 2 is 1.84 bits per heavy atom. The Hall–Kier alpha value is -2.58. The van der Waals surface area contributed by atoms with Gasteiger partial charge in [-0.15, -0.1) is 0 Å². The molecule has 0 radical (unpaired) electrons. The van der Waals surface area contributed by atoms with E-state index in [-0.39, 0.29) is 25.0 Å². The van der Waals surface area contributed by atoms with Crippen molar-refractivity contribution in [3.63, 3.8) is 0 Å². The van der Waals surface area contributed by atoms with Crippen LogP contribution in [0.5, 0.6) is 0 Å². The van der Waals surface area contributed by atoms with Gasteiger partial charge in [0.1, 0.15) is 6.04 Å². The summed E-state index contributed by atoms with van der Waals surface area (Å²) >= 11 is 0. The molecule has 138 valence electrons. The Labute approximate surface area is 142 Å². The highest BCUT2D eigenvalue weighted by atomic mass is 19.4. The van der Waals surface area contributed by atoms with E-state index in [1.54, 1.807) is 6.92 Å². The van der Waals surface area contributed by atoms with E-state index in [4.69, 9.17) is 5.11 Å². The van der Waals surface area contributed by atoms with Gasteiger partial charge < -0.3 is 15.2 Å². The Morgan fingerprint density at radius 1 is 1.20 bits per heavy atom. The van der Waals surface area contributed by atoms with Crippen LogP contribution in [0.25, 0.3) is 0 Å². The molecule has 1 aromatic carbocycles. The first-order chi connectivity index (χ1) is 11.6.